The molecule has 28 heavy (non-hydrogen) atoms. The van der Waals surface area contributed by atoms with Gasteiger partial charge in [-0.15, -0.1) is 11.3 Å². The Kier molecular flexibility index (Phi) is 6.33. The second-order valence-corrected chi connectivity index (χ2v) is 9.41. The van der Waals surface area contributed by atoms with Crippen LogP contribution in [0.15, 0.2) is 59.6 Å². The first-order valence-corrected chi connectivity index (χ1v) is 11.4. The molecule has 1 unspecified atom stereocenters. The van der Waals surface area contributed by atoms with E-state index in [1.807, 2.05) is 0 Å². The van der Waals surface area contributed by atoms with E-state index in [2.05, 4.69) is 4.98 Å². The van der Waals surface area contributed by atoms with Gasteiger partial charge in [-0.1, -0.05) is 23.7 Å². The summed E-state index contributed by atoms with van der Waals surface area (Å²) in [7, 11) is -4.12. The van der Waals surface area contributed by atoms with Crippen LogP contribution in [0.3, 0.4) is 0 Å². The summed E-state index contributed by atoms with van der Waals surface area (Å²) in [4.78, 5) is 4.44. The number of ether oxygens (including phenoxy) is 1. The van der Waals surface area contributed by atoms with E-state index < -0.39 is 21.3 Å². The molecule has 0 aliphatic carbocycles. The minimum Gasteiger partial charge on any atom is -0.755 e. The lowest BCUT2D eigenvalue weighted by Gasteiger charge is -2.28. The molecule has 8 nitrogen and oxygen atoms in total. The largest absolute Gasteiger partial charge is 0.755 e. The molecule has 2 aromatic carbocycles. The van der Waals surface area contributed by atoms with E-state index >= 15 is 0 Å². The van der Waals surface area contributed by atoms with Crippen LogP contribution in [0.2, 0.25) is 4.47 Å². The highest BCUT2D eigenvalue weighted by Gasteiger charge is 2.20. The summed E-state index contributed by atoms with van der Waals surface area (Å²) in [6, 6.07) is 11.7. The summed E-state index contributed by atoms with van der Waals surface area (Å²) >= 11 is 4.27. The summed E-state index contributed by atoms with van der Waals surface area (Å²) in [5, 5.41) is 5.21. The predicted molar refractivity (Wildman–Crippen MR) is 107 cm³/mol. The van der Waals surface area contributed by atoms with Gasteiger partial charge in [-0.05, 0) is 36.4 Å². The lowest BCUT2D eigenvalue weighted by Crippen LogP contribution is -2.23. The van der Waals surface area contributed by atoms with Crippen molar-refractivity contribution in [2.75, 3.05) is 4.31 Å². The van der Waals surface area contributed by atoms with Gasteiger partial charge in [-0.3, -0.25) is 8.51 Å². The average molecular weight is 459 g/mol. The van der Waals surface area contributed by atoms with Crippen LogP contribution in [-0.4, -0.2) is 22.2 Å². The van der Waals surface area contributed by atoms with Crippen molar-refractivity contribution in [3.8, 4) is 5.75 Å². The van der Waals surface area contributed by atoms with E-state index in [1.54, 1.807) is 18.3 Å². The Morgan fingerprint density at radius 3 is 2.46 bits per heavy atom. The molecule has 0 aliphatic heterocycles. The number of primary sulfonamides is 1. The molecule has 0 radical (unpaired) electrons. The Bertz CT molecular complexity index is 1100. The summed E-state index contributed by atoms with van der Waals surface area (Å²) in [5.74, 6) is 0.490. The molecule has 3 aromatic rings. The number of rotatable bonds is 7. The molecule has 0 saturated carbocycles. The first kappa shape index (κ1) is 20.7. The van der Waals surface area contributed by atoms with E-state index in [1.165, 1.54) is 47.7 Å². The predicted octanol–water partition coefficient (Wildman–Crippen LogP) is 2.96. The van der Waals surface area contributed by atoms with Crippen LogP contribution in [0, 0.1) is 0 Å². The molecule has 148 valence electrons. The van der Waals surface area contributed by atoms with Crippen molar-refractivity contribution in [3.05, 3.63) is 64.1 Å². The molecule has 1 aromatic heterocycles. The van der Waals surface area contributed by atoms with Gasteiger partial charge in [0.05, 0.1) is 27.5 Å². The first-order chi connectivity index (χ1) is 13.3. The highest BCUT2D eigenvalue weighted by Crippen LogP contribution is 2.33. The maximum Gasteiger partial charge on any atom is 0.240 e. The van der Waals surface area contributed by atoms with Crippen LogP contribution >= 0.6 is 22.9 Å². The molecular formula is C16H13ClN3O5S3-. The lowest BCUT2D eigenvalue weighted by atomic mass is 10.2. The van der Waals surface area contributed by atoms with Gasteiger partial charge in [0.2, 0.25) is 10.0 Å². The van der Waals surface area contributed by atoms with Crippen molar-refractivity contribution >= 4 is 55.6 Å². The number of hydrogen-bond donors (Lipinski definition) is 1. The van der Waals surface area contributed by atoms with Gasteiger partial charge in [-0.25, -0.2) is 18.5 Å². The maximum absolute atomic E-state index is 11.8. The fourth-order valence-electron chi connectivity index (χ4n) is 2.35. The van der Waals surface area contributed by atoms with Crippen LogP contribution in [-0.2, 0) is 27.9 Å². The number of benzene rings is 2. The Morgan fingerprint density at radius 2 is 1.89 bits per heavy atom. The number of para-hydroxylation sites is 1. The van der Waals surface area contributed by atoms with Crippen molar-refractivity contribution in [1.29, 1.82) is 0 Å². The first-order valence-electron chi connectivity index (χ1n) is 7.60. The standard InChI is InChI=1S/C16H14ClN3O5S3/c17-16-19-9-13(26-16)10-25-12-7-5-11(6-8-12)20(27(21)22)14-3-1-2-4-15(14)28(18,23)24/h1-9H,10H2,(H,21,22)(H2,18,23,24)/p-1. The van der Waals surface area contributed by atoms with Crippen LogP contribution in [0.1, 0.15) is 4.88 Å². The monoisotopic (exact) mass is 458 g/mol. The van der Waals surface area contributed by atoms with Crippen molar-refractivity contribution in [3.63, 3.8) is 0 Å². The van der Waals surface area contributed by atoms with Crippen LogP contribution in [0.4, 0.5) is 11.4 Å². The number of hydrogen-bond acceptors (Lipinski definition) is 7. The molecule has 3 rings (SSSR count). The van der Waals surface area contributed by atoms with Gasteiger partial charge < -0.3 is 9.29 Å². The van der Waals surface area contributed by atoms with Crippen LogP contribution < -0.4 is 14.2 Å². The quantitative estimate of drug-likeness (QED) is 0.542. The fourth-order valence-corrected chi connectivity index (χ4v) is 4.64. The Labute approximate surface area is 173 Å². The number of halogens is 1. The van der Waals surface area contributed by atoms with E-state index in [0.717, 1.165) is 9.18 Å². The van der Waals surface area contributed by atoms with Gasteiger partial charge in [0.1, 0.15) is 17.3 Å². The Morgan fingerprint density at radius 1 is 1.21 bits per heavy atom. The molecule has 0 fully saturated rings. The van der Waals surface area contributed by atoms with Crippen molar-refractivity contribution in [1.82, 2.24) is 4.98 Å². The van der Waals surface area contributed by atoms with Crippen molar-refractivity contribution in [2.45, 2.75) is 11.5 Å². The molecule has 0 saturated heterocycles. The number of sulfonamides is 1. The Hall–Kier alpha value is -2.02. The van der Waals surface area contributed by atoms with Crippen LogP contribution in [0.25, 0.3) is 0 Å². The minimum atomic E-state index is -4.12. The SMILES string of the molecule is NS(=O)(=O)c1ccccc1N(c1ccc(OCc2cnc(Cl)s2)cc1)S(=O)[O-]. The number of thiazole rings is 1. The molecule has 0 bridgehead atoms. The maximum atomic E-state index is 11.8. The normalized spacial score (nSPS) is 12.5. The van der Waals surface area contributed by atoms with E-state index in [-0.39, 0.29) is 22.9 Å². The summed E-state index contributed by atoms with van der Waals surface area (Å²) < 4.78 is 54.1. The average Bonchev–Trinajstić information content (AvgIpc) is 3.06. The van der Waals surface area contributed by atoms with E-state index in [9.17, 15) is 17.2 Å². The third kappa shape index (κ3) is 4.87. The Balaban J connectivity index is 1.87. The van der Waals surface area contributed by atoms with E-state index in [4.69, 9.17) is 21.5 Å². The van der Waals surface area contributed by atoms with Gasteiger partial charge >= 0.3 is 0 Å². The smallest absolute Gasteiger partial charge is 0.240 e. The molecule has 1 heterocycles. The summed E-state index contributed by atoms with van der Waals surface area (Å²) in [5.41, 5.74) is 0.143. The minimum absolute atomic E-state index is 0.0775. The highest BCUT2D eigenvalue weighted by molar-refractivity contribution is 7.89. The zero-order chi connectivity index (χ0) is 20.3. The third-order valence-corrected chi connectivity index (χ3v) is 6.27. The third-order valence-electron chi connectivity index (χ3n) is 3.52. The summed E-state index contributed by atoms with van der Waals surface area (Å²) in [6.07, 6.45) is 1.61. The zero-order valence-electron chi connectivity index (χ0n) is 14.0. The van der Waals surface area contributed by atoms with Gasteiger partial charge in [0.25, 0.3) is 0 Å². The van der Waals surface area contributed by atoms with Gasteiger partial charge in [-0.2, -0.15) is 0 Å². The second-order valence-electron chi connectivity index (χ2n) is 5.39. The second kappa shape index (κ2) is 8.55. The molecule has 2 N–H and O–H groups in total. The van der Waals surface area contributed by atoms with Crippen LogP contribution in [0.5, 0.6) is 5.75 Å². The highest BCUT2D eigenvalue weighted by atomic mass is 35.5. The number of aromatic nitrogens is 1. The van der Waals surface area contributed by atoms with Gasteiger partial charge in [0.15, 0.2) is 4.47 Å². The molecule has 0 spiro atoms. The summed E-state index contributed by atoms with van der Waals surface area (Å²) in [6.45, 7) is 0.259. The van der Waals surface area contributed by atoms with E-state index in [0.29, 0.717) is 10.2 Å². The number of anilines is 2. The molecule has 1 atom stereocenters. The van der Waals surface area contributed by atoms with Crippen molar-refractivity contribution in [2.24, 2.45) is 5.14 Å². The molecule has 0 amide bonds. The molecule has 12 heteroatoms. The topological polar surface area (TPSA) is 126 Å². The number of nitrogens with zero attached hydrogens (tertiary/aromatic N) is 2. The lowest BCUT2D eigenvalue weighted by molar-refractivity contribution is 0.309. The fraction of sp³-hybridized carbons (Fsp3) is 0.0625. The molecular weight excluding hydrogens is 446 g/mol. The van der Waals surface area contributed by atoms with Crippen molar-refractivity contribution < 1.29 is 21.9 Å². The molecule has 0 aliphatic rings. The van der Waals surface area contributed by atoms with Gasteiger partial charge in [0, 0.05) is 6.20 Å². The zero-order valence-corrected chi connectivity index (χ0v) is 17.2. The number of nitrogens with two attached hydrogens (primary N) is 1.